The largest absolute Gasteiger partial charge is 0.495 e. The van der Waals surface area contributed by atoms with Gasteiger partial charge in [-0.15, -0.1) is 0 Å². The zero-order chi connectivity index (χ0) is 17.5. The Labute approximate surface area is 154 Å². The standard InChI is InChI=1S/C22H25N3O/c1-26-21-8-3-2-7-19(21)24-18-11-14-25-20-10-13-23-12-9-15(20)16-5-4-6-17(18)22(16)25/h2-8,18,23-24H,9-14H2,1H3. The van der Waals surface area contributed by atoms with Crippen LogP contribution in [-0.2, 0) is 19.4 Å². The first-order valence-corrected chi connectivity index (χ1v) is 9.60. The van der Waals surface area contributed by atoms with Crippen LogP contribution in [-0.4, -0.2) is 24.8 Å². The van der Waals surface area contributed by atoms with Crippen LogP contribution in [0.5, 0.6) is 5.75 Å². The molecule has 2 aliphatic heterocycles. The fraction of sp³-hybridized carbons (Fsp3) is 0.364. The van der Waals surface area contributed by atoms with Crippen LogP contribution >= 0.6 is 0 Å². The van der Waals surface area contributed by atoms with Crippen molar-refractivity contribution in [3.8, 4) is 5.75 Å². The molecule has 2 aliphatic rings. The zero-order valence-electron chi connectivity index (χ0n) is 15.2. The third-order valence-electron chi connectivity index (χ3n) is 5.88. The molecular weight excluding hydrogens is 322 g/mol. The number of nitrogens with one attached hydrogen (secondary N) is 2. The lowest BCUT2D eigenvalue weighted by Crippen LogP contribution is -2.22. The van der Waals surface area contributed by atoms with E-state index in [9.17, 15) is 0 Å². The number of para-hydroxylation sites is 3. The van der Waals surface area contributed by atoms with Gasteiger partial charge in [-0.2, -0.15) is 0 Å². The number of ether oxygens (including phenoxy) is 1. The fourth-order valence-corrected chi connectivity index (χ4v) is 4.71. The number of hydrogen-bond acceptors (Lipinski definition) is 3. The minimum Gasteiger partial charge on any atom is -0.495 e. The van der Waals surface area contributed by atoms with Gasteiger partial charge >= 0.3 is 0 Å². The summed E-state index contributed by atoms with van der Waals surface area (Å²) in [6.45, 7) is 3.25. The van der Waals surface area contributed by atoms with Crippen molar-refractivity contribution < 1.29 is 4.74 Å². The van der Waals surface area contributed by atoms with Gasteiger partial charge in [-0.05, 0) is 42.6 Å². The van der Waals surface area contributed by atoms with Gasteiger partial charge in [0, 0.05) is 30.6 Å². The van der Waals surface area contributed by atoms with Crippen molar-refractivity contribution in [3.05, 3.63) is 59.3 Å². The molecule has 0 saturated heterocycles. The number of benzene rings is 2. The Kier molecular flexibility index (Phi) is 3.86. The summed E-state index contributed by atoms with van der Waals surface area (Å²) in [5.74, 6) is 0.905. The SMILES string of the molecule is COc1ccccc1NC1CCn2c3c(c4cccc1c42)CCNCC3. The van der Waals surface area contributed by atoms with E-state index in [-0.39, 0.29) is 0 Å². The molecule has 0 amide bonds. The summed E-state index contributed by atoms with van der Waals surface area (Å²) in [5.41, 5.74) is 7.04. The van der Waals surface area contributed by atoms with Crippen molar-refractivity contribution in [3.63, 3.8) is 0 Å². The van der Waals surface area contributed by atoms with E-state index in [4.69, 9.17) is 4.74 Å². The monoisotopic (exact) mass is 347 g/mol. The molecule has 1 atom stereocenters. The average molecular weight is 347 g/mol. The summed E-state index contributed by atoms with van der Waals surface area (Å²) in [6, 6.07) is 15.3. The fourth-order valence-electron chi connectivity index (χ4n) is 4.71. The molecule has 4 nitrogen and oxygen atoms in total. The molecule has 2 N–H and O–H groups in total. The van der Waals surface area contributed by atoms with Crippen molar-refractivity contribution in [2.75, 3.05) is 25.5 Å². The van der Waals surface area contributed by atoms with Crippen molar-refractivity contribution in [1.29, 1.82) is 0 Å². The van der Waals surface area contributed by atoms with Crippen LogP contribution in [0.15, 0.2) is 42.5 Å². The zero-order valence-corrected chi connectivity index (χ0v) is 15.2. The lowest BCUT2D eigenvalue weighted by molar-refractivity contribution is 0.415. The smallest absolute Gasteiger partial charge is 0.141 e. The minimum atomic E-state index is 0.319. The highest BCUT2D eigenvalue weighted by atomic mass is 16.5. The molecule has 134 valence electrons. The topological polar surface area (TPSA) is 38.2 Å². The number of methoxy groups -OCH3 is 1. The molecule has 4 heteroatoms. The Morgan fingerprint density at radius 3 is 2.88 bits per heavy atom. The van der Waals surface area contributed by atoms with Crippen molar-refractivity contribution in [2.45, 2.75) is 31.8 Å². The number of fused-ring (bicyclic) bond motifs is 3. The average Bonchev–Trinajstić information content (AvgIpc) is 2.84. The minimum absolute atomic E-state index is 0.319. The summed E-state index contributed by atoms with van der Waals surface area (Å²) >= 11 is 0. The second-order valence-electron chi connectivity index (χ2n) is 7.26. The van der Waals surface area contributed by atoms with E-state index in [1.54, 1.807) is 18.4 Å². The maximum absolute atomic E-state index is 5.54. The molecule has 3 aromatic rings. The van der Waals surface area contributed by atoms with Crippen LogP contribution in [0.3, 0.4) is 0 Å². The summed E-state index contributed by atoms with van der Waals surface area (Å²) in [7, 11) is 1.73. The second-order valence-corrected chi connectivity index (χ2v) is 7.26. The molecule has 1 aromatic heterocycles. The van der Waals surface area contributed by atoms with E-state index in [0.717, 1.165) is 50.3 Å². The Bertz CT molecular complexity index is 959. The summed E-state index contributed by atoms with van der Waals surface area (Å²) in [5, 5.41) is 8.74. The Hall–Kier alpha value is -2.46. The summed E-state index contributed by atoms with van der Waals surface area (Å²) in [4.78, 5) is 0. The van der Waals surface area contributed by atoms with Gasteiger partial charge < -0.3 is 19.9 Å². The van der Waals surface area contributed by atoms with Gasteiger partial charge in [0.2, 0.25) is 0 Å². The van der Waals surface area contributed by atoms with Gasteiger partial charge in [-0.3, -0.25) is 0 Å². The van der Waals surface area contributed by atoms with E-state index < -0.39 is 0 Å². The van der Waals surface area contributed by atoms with Crippen molar-refractivity contribution in [2.24, 2.45) is 0 Å². The molecule has 0 bridgehead atoms. The first-order chi connectivity index (χ1) is 12.9. The van der Waals surface area contributed by atoms with Crippen LogP contribution in [0.4, 0.5) is 5.69 Å². The molecule has 0 radical (unpaired) electrons. The molecular formula is C22H25N3O. The van der Waals surface area contributed by atoms with E-state index in [1.807, 2.05) is 12.1 Å². The molecule has 3 heterocycles. The maximum Gasteiger partial charge on any atom is 0.141 e. The summed E-state index contributed by atoms with van der Waals surface area (Å²) in [6.07, 6.45) is 3.36. The molecule has 0 spiro atoms. The van der Waals surface area contributed by atoms with Gasteiger partial charge in [0.1, 0.15) is 5.75 Å². The van der Waals surface area contributed by atoms with Crippen molar-refractivity contribution >= 4 is 16.6 Å². The van der Waals surface area contributed by atoms with Gasteiger partial charge in [-0.1, -0.05) is 30.3 Å². The van der Waals surface area contributed by atoms with Crippen LogP contribution in [0.25, 0.3) is 10.9 Å². The number of rotatable bonds is 3. The van der Waals surface area contributed by atoms with Gasteiger partial charge in [0.15, 0.2) is 0 Å². The molecule has 0 fully saturated rings. The van der Waals surface area contributed by atoms with Gasteiger partial charge in [-0.25, -0.2) is 0 Å². The third-order valence-corrected chi connectivity index (χ3v) is 5.88. The lowest BCUT2D eigenvalue weighted by Gasteiger charge is -2.28. The molecule has 0 aliphatic carbocycles. The molecule has 5 rings (SSSR count). The quantitative estimate of drug-likeness (QED) is 0.755. The van der Waals surface area contributed by atoms with Crippen LogP contribution in [0.1, 0.15) is 29.3 Å². The summed E-state index contributed by atoms with van der Waals surface area (Å²) < 4.78 is 8.13. The van der Waals surface area contributed by atoms with Gasteiger partial charge in [0.05, 0.1) is 24.4 Å². The Morgan fingerprint density at radius 2 is 1.96 bits per heavy atom. The van der Waals surface area contributed by atoms with Crippen LogP contribution < -0.4 is 15.4 Å². The highest BCUT2D eigenvalue weighted by Gasteiger charge is 2.27. The first-order valence-electron chi connectivity index (χ1n) is 9.60. The Morgan fingerprint density at radius 1 is 1.08 bits per heavy atom. The predicted molar refractivity (Wildman–Crippen MR) is 106 cm³/mol. The molecule has 1 unspecified atom stereocenters. The number of nitrogens with zero attached hydrogens (tertiary/aromatic N) is 1. The Balaban J connectivity index is 1.60. The lowest BCUT2D eigenvalue weighted by atomic mass is 9.96. The number of aromatic nitrogens is 1. The highest BCUT2D eigenvalue weighted by molar-refractivity contribution is 5.89. The molecule has 0 saturated carbocycles. The number of hydrogen-bond donors (Lipinski definition) is 2. The third kappa shape index (κ3) is 2.40. The van der Waals surface area contributed by atoms with Crippen LogP contribution in [0, 0.1) is 0 Å². The van der Waals surface area contributed by atoms with Gasteiger partial charge in [0.25, 0.3) is 0 Å². The van der Waals surface area contributed by atoms with E-state index in [2.05, 4.69) is 45.5 Å². The maximum atomic E-state index is 5.54. The van der Waals surface area contributed by atoms with E-state index in [0.29, 0.717) is 6.04 Å². The molecule has 2 aromatic carbocycles. The molecule has 26 heavy (non-hydrogen) atoms. The van der Waals surface area contributed by atoms with Crippen molar-refractivity contribution in [1.82, 2.24) is 9.88 Å². The highest BCUT2D eigenvalue weighted by Crippen LogP contribution is 2.40. The predicted octanol–water partition coefficient (Wildman–Crippen LogP) is 3.90. The number of anilines is 1. The first kappa shape index (κ1) is 15.8. The van der Waals surface area contributed by atoms with E-state index in [1.165, 1.54) is 16.5 Å². The normalized spacial score (nSPS) is 19.0. The number of aryl methyl sites for hydroxylation is 1. The van der Waals surface area contributed by atoms with E-state index >= 15 is 0 Å². The second kappa shape index (κ2) is 6.36. The van der Waals surface area contributed by atoms with Crippen LogP contribution in [0.2, 0.25) is 0 Å².